The molecule has 19 heavy (non-hydrogen) atoms. The fourth-order valence-electron chi connectivity index (χ4n) is 4.36. The van der Waals surface area contributed by atoms with Crippen molar-refractivity contribution in [3.8, 4) is 0 Å². The van der Waals surface area contributed by atoms with Crippen LogP contribution in [0.5, 0.6) is 0 Å². The van der Waals surface area contributed by atoms with Gasteiger partial charge in [0.1, 0.15) is 0 Å². The molecule has 0 radical (unpaired) electrons. The summed E-state index contributed by atoms with van der Waals surface area (Å²) in [6.45, 7) is 12.0. The van der Waals surface area contributed by atoms with E-state index in [1.165, 1.54) is 25.7 Å². The molecular formula is C14H27BrCl2SiZr. The number of hydrogen-bond acceptors (Lipinski definition) is 0. The van der Waals surface area contributed by atoms with Crippen molar-refractivity contribution in [2.75, 3.05) is 0 Å². The maximum atomic E-state index is 4.93. The predicted octanol–water partition coefficient (Wildman–Crippen LogP) is 6.48. The van der Waals surface area contributed by atoms with E-state index in [-0.39, 0.29) is 7.43 Å². The molecule has 0 aliphatic heterocycles. The summed E-state index contributed by atoms with van der Waals surface area (Å²) in [6.07, 6.45) is 5.77. The number of alkyl halides is 1. The van der Waals surface area contributed by atoms with Crippen molar-refractivity contribution in [3.63, 3.8) is 0 Å². The Bertz CT molecular complexity index is 260. The van der Waals surface area contributed by atoms with Crippen molar-refractivity contribution in [3.05, 3.63) is 14.0 Å². The predicted molar refractivity (Wildman–Crippen MR) is 92.0 cm³/mol. The second kappa shape index (κ2) is 9.33. The number of rotatable bonds is 1. The van der Waals surface area contributed by atoms with Crippen LogP contribution in [-0.2, 0) is 20.8 Å². The molecular weight excluding hydrogens is 438 g/mol. The van der Waals surface area contributed by atoms with E-state index in [2.05, 4.69) is 42.5 Å². The summed E-state index contributed by atoms with van der Waals surface area (Å²) in [5.74, 6) is 2.89. The SMILES string of the molecule is [CH2-][Si](C)(C)C1C(C)CC2C(Br)CCCC21.[CH3-].[Cl][Zr+2][Cl]. The Kier molecular flexibility index (Phi) is 10.4. The third-order valence-electron chi connectivity index (χ3n) is 4.65. The minimum atomic E-state index is -1.20. The van der Waals surface area contributed by atoms with Crippen molar-refractivity contribution in [1.82, 2.24) is 0 Å². The van der Waals surface area contributed by atoms with Crippen molar-refractivity contribution < 1.29 is 20.8 Å². The zero-order valence-electron chi connectivity index (χ0n) is 12.6. The van der Waals surface area contributed by atoms with Crippen molar-refractivity contribution in [2.24, 2.45) is 17.8 Å². The standard InChI is InChI=1S/C13H24BrSi.CH3.2ClH.Zr/c1-9-8-11-10(6-5-7-12(11)14)13(9)15(2,3)4;;;;/h9-13H,2,5-8H2,1,3-4H3;1H3;2*1H;/q2*-1;;;+4/p-2. The molecule has 0 aromatic rings. The molecule has 2 aliphatic carbocycles. The van der Waals surface area contributed by atoms with Gasteiger partial charge < -0.3 is 14.0 Å². The summed E-state index contributed by atoms with van der Waals surface area (Å²) in [6, 6.07) is 0. The van der Waals surface area contributed by atoms with Crippen molar-refractivity contribution in [2.45, 2.75) is 56.1 Å². The van der Waals surface area contributed by atoms with Crippen molar-refractivity contribution >= 4 is 41.0 Å². The molecule has 5 atom stereocenters. The molecule has 0 spiro atoms. The van der Waals surface area contributed by atoms with Gasteiger partial charge in [-0.15, -0.1) is 0 Å². The van der Waals surface area contributed by atoms with Gasteiger partial charge in [0.05, 0.1) is 0 Å². The van der Waals surface area contributed by atoms with Crippen LogP contribution in [0, 0.1) is 31.7 Å². The second-order valence-electron chi connectivity index (χ2n) is 6.57. The van der Waals surface area contributed by atoms with E-state index < -0.39 is 28.9 Å². The van der Waals surface area contributed by atoms with Crippen LogP contribution < -0.4 is 0 Å². The first-order valence-electron chi connectivity index (χ1n) is 6.78. The molecule has 0 nitrogen and oxygen atoms in total. The second-order valence-corrected chi connectivity index (χ2v) is 16.1. The third kappa shape index (κ3) is 5.70. The first kappa shape index (κ1) is 21.2. The molecule has 0 bridgehead atoms. The van der Waals surface area contributed by atoms with E-state index >= 15 is 0 Å². The molecule has 0 amide bonds. The molecule has 2 aliphatic rings. The molecule has 0 heterocycles. The van der Waals surface area contributed by atoms with Crippen LogP contribution in [0.25, 0.3) is 0 Å². The summed E-state index contributed by atoms with van der Waals surface area (Å²) < 4.78 is 0. The average molecular weight is 465 g/mol. The van der Waals surface area contributed by atoms with Gasteiger partial charge in [-0.2, -0.15) is 0 Å². The summed E-state index contributed by atoms with van der Waals surface area (Å²) in [7, 11) is 8.67. The Labute approximate surface area is 148 Å². The molecule has 2 fully saturated rings. The van der Waals surface area contributed by atoms with E-state index in [1.54, 1.807) is 0 Å². The normalized spacial score (nSPS) is 37.3. The van der Waals surface area contributed by atoms with Gasteiger partial charge >= 0.3 is 37.9 Å². The van der Waals surface area contributed by atoms with Gasteiger partial charge in [0.25, 0.3) is 0 Å². The molecule has 2 saturated carbocycles. The maximum absolute atomic E-state index is 4.93. The minimum absolute atomic E-state index is 0. The Hall–Kier alpha value is 2.16. The van der Waals surface area contributed by atoms with Crippen LogP contribution in [-0.4, -0.2) is 12.9 Å². The summed E-state index contributed by atoms with van der Waals surface area (Å²) in [5, 5.41) is 0. The van der Waals surface area contributed by atoms with Gasteiger partial charge in [-0.3, -0.25) is 0 Å². The van der Waals surface area contributed by atoms with Crippen LogP contribution in [0.1, 0.15) is 32.6 Å². The Morgan fingerprint density at radius 2 is 1.74 bits per heavy atom. The van der Waals surface area contributed by atoms with E-state index in [0.717, 1.165) is 28.1 Å². The fraction of sp³-hybridized carbons (Fsp3) is 0.857. The van der Waals surface area contributed by atoms with E-state index in [4.69, 9.17) is 17.0 Å². The Balaban J connectivity index is 0.000000742. The molecule has 0 N–H and O–H groups in total. The fourth-order valence-corrected chi connectivity index (χ4v) is 8.54. The number of hydrogen-bond donors (Lipinski definition) is 0. The van der Waals surface area contributed by atoms with Gasteiger partial charge in [0.2, 0.25) is 0 Å². The molecule has 0 saturated heterocycles. The molecule has 2 rings (SSSR count). The average Bonchev–Trinajstić information content (AvgIpc) is 2.56. The Morgan fingerprint density at radius 1 is 1.21 bits per heavy atom. The van der Waals surface area contributed by atoms with Gasteiger partial charge in [0.15, 0.2) is 0 Å². The molecule has 5 heteroatoms. The van der Waals surface area contributed by atoms with E-state index in [0.29, 0.717) is 0 Å². The van der Waals surface area contributed by atoms with Crippen LogP contribution >= 0.6 is 33.0 Å². The quantitative estimate of drug-likeness (QED) is 0.236. The van der Waals surface area contributed by atoms with Crippen LogP contribution in [0.4, 0.5) is 0 Å². The van der Waals surface area contributed by atoms with E-state index in [9.17, 15) is 0 Å². The zero-order chi connectivity index (χ0) is 13.9. The molecule has 112 valence electrons. The summed E-state index contributed by atoms with van der Waals surface area (Å²) >= 11 is 3.09. The van der Waals surface area contributed by atoms with Crippen LogP contribution in [0.15, 0.2) is 0 Å². The van der Waals surface area contributed by atoms with Crippen LogP contribution in [0.3, 0.4) is 0 Å². The summed E-state index contributed by atoms with van der Waals surface area (Å²) in [4.78, 5) is 0.806. The monoisotopic (exact) mass is 462 g/mol. The number of halogens is 3. The molecule has 5 unspecified atom stereocenters. The molecule has 0 aromatic carbocycles. The van der Waals surface area contributed by atoms with Crippen molar-refractivity contribution in [1.29, 1.82) is 0 Å². The zero-order valence-corrected chi connectivity index (χ0v) is 19.1. The molecule has 0 aromatic heterocycles. The first-order valence-corrected chi connectivity index (χ1v) is 17.3. The Morgan fingerprint density at radius 3 is 2.21 bits per heavy atom. The number of fused-ring (bicyclic) bond motifs is 1. The summed E-state index contributed by atoms with van der Waals surface area (Å²) in [5.41, 5.74) is 0.975. The first-order chi connectivity index (χ1) is 8.32. The third-order valence-corrected chi connectivity index (χ3v) is 8.59. The van der Waals surface area contributed by atoms with Gasteiger partial charge in [-0.25, -0.2) is 0 Å². The topological polar surface area (TPSA) is 0 Å². The van der Waals surface area contributed by atoms with Gasteiger partial charge in [-0.05, 0) is 30.6 Å². The van der Waals surface area contributed by atoms with Gasteiger partial charge in [-0.1, -0.05) is 62.4 Å². The van der Waals surface area contributed by atoms with Crippen LogP contribution in [0.2, 0.25) is 18.6 Å². The van der Waals surface area contributed by atoms with E-state index in [1.807, 2.05) is 0 Å². The van der Waals surface area contributed by atoms with Gasteiger partial charge in [0, 0.05) is 4.83 Å².